The van der Waals surface area contributed by atoms with Crippen LogP contribution < -0.4 is 0 Å². The zero-order valence-corrected chi connectivity index (χ0v) is 10.9. The van der Waals surface area contributed by atoms with E-state index in [4.69, 9.17) is 5.11 Å². The summed E-state index contributed by atoms with van der Waals surface area (Å²) in [7, 11) is -3.11. The Balaban J connectivity index is 2.10. The summed E-state index contributed by atoms with van der Waals surface area (Å²) in [6.45, 7) is 0.423. The normalized spacial score (nSPS) is 31.2. The van der Waals surface area contributed by atoms with Crippen LogP contribution in [0.4, 0.5) is 0 Å². The summed E-state index contributed by atoms with van der Waals surface area (Å²) in [5, 5.41) is 9.09. The third-order valence-corrected chi connectivity index (χ3v) is 5.42. The monoisotopic (exact) mass is 275 g/mol. The lowest BCUT2D eigenvalue weighted by atomic mass is 9.99. The van der Waals surface area contributed by atoms with E-state index in [1.165, 1.54) is 4.90 Å². The van der Waals surface area contributed by atoms with E-state index in [-0.39, 0.29) is 17.4 Å². The third-order valence-electron chi connectivity index (χ3n) is 3.65. The first-order valence-electron chi connectivity index (χ1n) is 6.14. The molecule has 1 amide bonds. The molecule has 102 valence electrons. The first-order chi connectivity index (χ1) is 8.41. The first kappa shape index (κ1) is 13.3. The van der Waals surface area contributed by atoms with Crippen LogP contribution >= 0.6 is 0 Å². The van der Waals surface area contributed by atoms with Crippen LogP contribution in [0.3, 0.4) is 0 Å². The summed E-state index contributed by atoms with van der Waals surface area (Å²) < 4.78 is 22.7. The molecule has 0 aromatic carbocycles. The fourth-order valence-electron chi connectivity index (χ4n) is 2.68. The van der Waals surface area contributed by atoms with Crippen molar-refractivity contribution in [2.24, 2.45) is 5.92 Å². The van der Waals surface area contributed by atoms with Crippen molar-refractivity contribution in [3.8, 4) is 0 Å². The second kappa shape index (κ2) is 4.87. The Morgan fingerprint density at radius 2 is 1.89 bits per heavy atom. The van der Waals surface area contributed by atoms with Crippen LogP contribution in [0.2, 0.25) is 0 Å². The fourth-order valence-corrected chi connectivity index (χ4v) is 4.41. The molecular formula is C11H17NO5S. The number of carboxylic acids is 1. The molecule has 0 aromatic rings. The lowest BCUT2D eigenvalue weighted by Crippen LogP contribution is -2.50. The van der Waals surface area contributed by atoms with Crippen LogP contribution in [0.15, 0.2) is 0 Å². The van der Waals surface area contributed by atoms with Crippen LogP contribution in [0.1, 0.15) is 25.7 Å². The van der Waals surface area contributed by atoms with Gasteiger partial charge in [-0.15, -0.1) is 0 Å². The van der Waals surface area contributed by atoms with Crippen molar-refractivity contribution in [1.82, 2.24) is 4.90 Å². The van der Waals surface area contributed by atoms with Crippen molar-refractivity contribution in [3.63, 3.8) is 0 Å². The number of aliphatic carboxylic acids is 1. The summed E-state index contributed by atoms with van der Waals surface area (Å²) in [6, 6.07) is -0.783. The molecule has 2 rings (SSSR count). The summed E-state index contributed by atoms with van der Waals surface area (Å²) in [5.41, 5.74) is 0. The maximum Gasteiger partial charge on any atom is 0.326 e. The predicted molar refractivity (Wildman–Crippen MR) is 63.7 cm³/mol. The first-order valence-corrected chi connectivity index (χ1v) is 7.96. The van der Waals surface area contributed by atoms with Gasteiger partial charge < -0.3 is 10.0 Å². The van der Waals surface area contributed by atoms with E-state index in [9.17, 15) is 18.0 Å². The van der Waals surface area contributed by atoms with Crippen molar-refractivity contribution in [1.29, 1.82) is 0 Å². The van der Waals surface area contributed by atoms with Gasteiger partial charge >= 0.3 is 5.97 Å². The molecule has 0 aromatic heterocycles. The predicted octanol–water partition coefficient (Wildman–Crippen LogP) is -0.113. The number of likely N-dealkylation sites (tertiary alicyclic amines) is 1. The molecular weight excluding hydrogens is 258 g/mol. The topological polar surface area (TPSA) is 91.8 Å². The minimum Gasteiger partial charge on any atom is -0.480 e. The van der Waals surface area contributed by atoms with E-state index in [0.717, 1.165) is 12.8 Å². The minimum atomic E-state index is -3.11. The van der Waals surface area contributed by atoms with Crippen molar-refractivity contribution in [2.75, 3.05) is 18.1 Å². The van der Waals surface area contributed by atoms with Crippen LogP contribution in [-0.4, -0.2) is 54.4 Å². The van der Waals surface area contributed by atoms with Crippen LogP contribution in [0, 0.1) is 5.92 Å². The fraction of sp³-hybridized carbons (Fsp3) is 0.818. The van der Waals surface area contributed by atoms with Gasteiger partial charge in [0.25, 0.3) is 0 Å². The number of rotatable bonds is 2. The Morgan fingerprint density at radius 3 is 2.44 bits per heavy atom. The average Bonchev–Trinajstić information content (AvgIpc) is 2.68. The Kier molecular flexibility index (Phi) is 3.61. The molecule has 2 aliphatic rings. The highest BCUT2D eigenvalue weighted by Crippen LogP contribution is 2.25. The summed E-state index contributed by atoms with van der Waals surface area (Å²) in [6.07, 6.45) is 2.36. The number of piperidine rings is 1. The van der Waals surface area contributed by atoms with Crippen LogP contribution in [0.5, 0.6) is 0 Å². The van der Waals surface area contributed by atoms with E-state index in [1.807, 2.05) is 0 Å². The van der Waals surface area contributed by atoms with Crippen molar-refractivity contribution in [2.45, 2.75) is 31.7 Å². The zero-order chi connectivity index (χ0) is 13.3. The lowest BCUT2D eigenvalue weighted by molar-refractivity contribution is -0.153. The Bertz CT molecular complexity index is 458. The van der Waals surface area contributed by atoms with Gasteiger partial charge in [-0.2, -0.15) is 0 Å². The standard InChI is InChI=1S/C11H17NO5S/c13-10(8-4-6-18(16,17)7-8)12-5-2-1-3-9(12)11(14)15/h8-9H,1-7H2,(H,14,15)/t8?,9-/m1/s1. The van der Waals surface area contributed by atoms with Crippen LogP contribution in [-0.2, 0) is 19.4 Å². The number of hydrogen-bond donors (Lipinski definition) is 1. The van der Waals surface area contributed by atoms with Gasteiger partial charge in [-0.3, -0.25) is 4.79 Å². The second-order valence-electron chi connectivity index (χ2n) is 4.98. The van der Waals surface area contributed by atoms with Gasteiger partial charge in [-0.25, -0.2) is 13.2 Å². The maximum absolute atomic E-state index is 12.2. The van der Waals surface area contributed by atoms with Crippen molar-refractivity contribution in [3.05, 3.63) is 0 Å². The summed E-state index contributed by atoms with van der Waals surface area (Å²) >= 11 is 0. The number of amides is 1. The smallest absolute Gasteiger partial charge is 0.326 e. The molecule has 2 aliphatic heterocycles. The van der Waals surface area contributed by atoms with E-state index in [1.54, 1.807) is 0 Å². The molecule has 0 bridgehead atoms. The molecule has 0 saturated carbocycles. The Hall–Kier alpha value is -1.11. The van der Waals surface area contributed by atoms with Gasteiger partial charge in [0.05, 0.1) is 17.4 Å². The van der Waals surface area contributed by atoms with Gasteiger partial charge in [0.2, 0.25) is 5.91 Å². The van der Waals surface area contributed by atoms with Gasteiger partial charge in [0.15, 0.2) is 9.84 Å². The zero-order valence-electron chi connectivity index (χ0n) is 10.0. The minimum absolute atomic E-state index is 0.0367. The van der Waals surface area contributed by atoms with E-state index in [2.05, 4.69) is 0 Å². The van der Waals surface area contributed by atoms with Crippen molar-refractivity contribution < 1.29 is 23.1 Å². The molecule has 1 unspecified atom stereocenters. The lowest BCUT2D eigenvalue weighted by Gasteiger charge is -2.34. The molecule has 0 spiro atoms. The highest BCUT2D eigenvalue weighted by atomic mass is 32.2. The SMILES string of the molecule is O=C(O)[C@H]1CCCCN1C(=O)C1CCS(=O)(=O)C1. The number of carboxylic acid groups (broad SMARTS) is 1. The van der Waals surface area contributed by atoms with Gasteiger partial charge in [0, 0.05) is 6.54 Å². The number of nitrogens with zero attached hydrogens (tertiary/aromatic N) is 1. The molecule has 2 atom stereocenters. The number of sulfone groups is 1. The van der Waals surface area contributed by atoms with E-state index < -0.39 is 27.8 Å². The molecule has 2 saturated heterocycles. The molecule has 7 heteroatoms. The Labute approximate surface area is 106 Å². The van der Waals surface area contributed by atoms with E-state index in [0.29, 0.717) is 19.4 Å². The summed E-state index contributed by atoms with van der Waals surface area (Å²) in [4.78, 5) is 24.7. The van der Waals surface area contributed by atoms with Gasteiger partial charge in [-0.05, 0) is 25.7 Å². The molecule has 6 nitrogen and oxygen atoms in total. The molecule has 0 aliphatic carbocycles. The van der Waals surface area contributed by atoms with E-state index >= 15 is 0 Å². The molecule has 1 N–H and O–H groups in total. The van der Waals surface area contributed by atoms with Crippen molar-refractivity contribution >= 4 is 21.7 Å². The molecule has 2 heterocycles. The van der Waals surface area contributed by atoms with Gasteiger partial charge in [-0.1, -0.05) is 0 Å². The molecule has 18 heavy (non-hydrogen) atoms. The van der Waals surface area contributed by atoms with Crippen LogP contribution in [0.25, 0.3) is 0 Å². The molecule has 2 fully saturated rings. The largest absolute Gasteiger partial charge is 0.480 e. The Morgan fingerprint density at radius 1 is 1.17 bits per heavy atom. The highest BCUT2D eigenvalue weighted by Gasteiger charge is 2.39. The molecule has 0 radical (unpaired) electrons. The average molecular weight is 275 g/mol. The maximum atomic E-state index is 12.2. The quantitative estimate of drug-likeness (QED) is 0.759. The third kappa shape index (κ3) is 2.66. The summed E-state index contributed by atoms with van der Waals surface area (Å²) in [5.74, 6) is -1.94. The van der Waals surface area contributed by atoms with Gasteiger partial charge in [0.1, 0.15) is 6.04 Å². The highest BCUT2D eigenvalue weighted by molar-refractivity contribution is 7.91. The number of carbonyl (C=O) groups excluding carboxylic acids is 1. The number of carbonyl (C=O) groups is 2. The second-order valence-corrected chi connectivity index (χ2v) is 7.21. The number of hydrogen-bond acceptors (Lipinski definition) is 4.